The molecular formula is C10H17NOS. The molecule has 0 aromatic carbocycles. The summed E-state index contributed by atoms with van der Waals surface area (Å²) in [5.74, 6) is 0. The first-order valence-corrected chi connectivity index (χ1v) is 4.64. The largest absolute Gasteiger partial charge is 0.380 e. The zero-order valence-corrected chi connectivity index (χ0v) is 9.05. The van der Waals surface area contributed by atoms with E-state index in [1.807, 2.05) is 37.3 Å². The van der Waals surface area contributed by atoms with Crippen LogP contribution in [0.15, 0.2) is 36.0 Å². The molecule has 0 saturated heterocycles. The quantitative estimate of drug-likeness (QED) is 0.505. The van der Waals surface area contributed by atoms with Gasteiger partial charge in [0.15, 0.2) is 0 Å². The molecule has 0 heterocycles. The zero-order chi connectivity index (χ0) is 9.94. The lowest BCUT2D eigenvalue weighted by molar-refractivity contribution is 0.228. The molecule has 0 amide bonds. The maximum absolute atomic E-state index is 5.03. The molecule has 74 valence electrons. The third-order valence-electron chi connectivity index (χ3n) is 1.35. The molecule has 0 atom stereocenters. The molecule has 0 unspecified atom stereocenters. The Kier molecular flexibility index (Phi) is 9.20. The smallest absolute Gasteiger partial charge is 0.0712 e. The number of rotatable bonds is 6. The van der Waals surface area contributed by atoms with Crippen molar-refractivity contribution in [1.29, 1.82) is 0 Å². The number of hydrogen-bond donors (Lipinski definition) is 2. The molecule has 0 spiro atoms. The molecule has 3 heteroatoms. The molecule has 0 radical (unpaired) electrons. The van der Waals surface area contributed by atoms with Crippen LogP contribution in [-0.4, -0.2) is 20.3 Å². The van der Waals surface area contributed by atoms with Crippen LogP contribution in [0.1, 0.15) is 6.92 Å². The fourth-order valence-corrected chi connectivity index (χ4v) is 0.950. The second-order valence-electron chi connectivity index (χ2n) is 2.46. The van der Waals surface area contributed by atoms with Gasteiger partial charge in [0.1, 0.15) is 0 Å². The summed E-state index contributed by atoms with van der Waals surface area (Å²) >= 11 is 3.87. The summed E-state index contributed by atoms with van der Waals surface area (Å²) < 4.78 is 7.76. The first-order chi connectivity index (χ1) is 6.35. The second kappa shape index (κ2) is 9.58. The van der Waals surface area contributed by atoms with Gasteiger partial charge in [-0.15, -0.1) is 0 Å². The van der Waals surface area contributed by atoms with Crippen LogP contribution in [0.4, 0.5) is 0 Å². The Labute approximate surface area is 85.9 Å². The molecule has 0 saturated carbocycles. The predicted molar refractivity (Wildman–Crippen MR) is 60.9 cm³/mol. The van der Waals surface area contributed by atoms with E-state index in [1.54, 1.807) is 7.11 Å². The van der Waals surface area contributed by atoms with E-state index in [1.165, 1.54) is 0 Å². The highest BCUT2D eigenvalue weighted by molar-refractivity contribution is 7.78. The Morgan fingerprint density at radius 1 is 1.54 bits per heavy atom. The average molecular weight is 199 g/mol. The van der Waals surface area contributed by atoms with Crippen LogP contribution in [0.3, 0.4) is 0 Å². The Balaban J connectivity index is 4.02. The van der Waals surface area contributed by atoms with Gasteiger partial charge in [-0.1, -0.05) is 43.2 Å². The van der Waals surface area contributed by atoms with Gasteiger partial charge in [0.05, 0.1) is 6.61 Å². The second-order valence-corrected chi connectivity index (χ2v) is 2.78. The van der Waals surface area contributed by atoms with Crippen molar-refractivity contribution in [3.8, 4) is 0 Å². The summed E-state index contributed by atoms with van der Waals surface area (Å²) in [5, 5.41) is 0. The number of hydrogen-bond acceptors (Lipinski definition) is 3. The van der Waals surface area contributed by atoms with Gasteiger partial charge in [0.2, 0.25) is 0 Å². The normalized spacial score (nSPS) is 13.3. The minimum atomic E-state index is 0.642. The number of ether oxygens (including phenoxy) is 1. The van der Waals surface area contributed by atoms with Gasteiger partial charge in [-0.2, -0.15) is 0 Å². The van der Waals surface area contributed by atoms with Crippen molar-refractivity contribution in [2.75, 3.05) is 20.3 Å². The van der Waals surface area contributed by atoms with E-state index in [0.29, 0.717) is 6.61 Å². The summed E-state index contributed by atoms with van der Waals surface area (Å²) in [6.45, 7) is 3.39. The van der Waals surface area contributed by atoms with Crippen molar-refractivity contribution in [1.82, 2.24) is 4.72 Å². The highest BCUT2D eigenvalue weighted by Crippen LogP contribution is 1.97. The van der Waals surface area contributed by atoms with Crippen molar-refractivity contribution in [2.45, 2.75) is 6.92 Å². The fraction of sp³-hybridized carbons (Fsp3) is 0.400. The lowest BCUT2D eigenvalue weighted by atomic mass is 10.2. The lowest BCUT2D eigenvalue weighted by Crippen LogP contribution is -1.95. The van der Waals surface area contributed by atoms with Crippen molar-refractivity contribution < 1.29 is 4.74 Å². The lowest BCUT2D eigenvalue weighted by Gasteiger charge is -1.97. The molecule has 0 aromatic rings. The predicted octanol–water partition coefficient (Wildman–Crippen LogP) is 2.13. The Morgan fingerprint density at radius 2 is 2.31 bits per heavy atom. The topological polar surface area (TPSA) is 21.3 Å². The average Bonchev–Trinajstić information content (AvgIpc) is 2.13. The van der Waals surface area contributed by atoms with E-state index in [0.717, 1.165) is 12.1 Å². The number of nitrogens with one attached hydrogen (secondary N) is 1. The molecule has 13 heavy (non-hydrogen) atoms. The van der Waals surface area contributed by atoms with Gasteiger partial charge in [0, 0.05) is 13.7 Å². The standard InChI is InChI=1S/C10H17NOS/c1-3-6-10(9-12-2)7-4-5-8-11-13/h3-7,11,13H,8-9H2,1-2H3/b5-4+,6-3-,10-7+. The highest BCUT2D eigenvalue weighted by Gasteiger charge is 1.86. The fourth-order valence-electron chi connectivity index (χ4n) is 0.845. The summed E-state index contributed by atoms with van der Waals surface area (Å²) in [6, 6.07) is 0. The minimum Gasteiger partial charge on any atom is -0.380 e. The molecule has 0 aromatic heterocycles. The van der Waals surface area contributed by atoms with Gasteiger partial charge in [-0.05, 0) is 12.5 Å². The Hall–Kier alpha value is -0.510. The molecule has 1 N–H and O–H groups in total. The van der Waals surface area contributed by atoms with Crippen LogP contribution in [0, 0.1) is 0 Å². The van der Waals surface area contributed by atoms with Crippen LogP contribution in [0.25, 0.3) is 0 Å². The molecule has 0 fully saturated rings. The molecular weight excluding hydrogens is 182 g/mol. The van der Waals surface area contributed by atoms with Gasteiger partial charge >= 0.3 is 0 Å². The molecule has 0 aliphatic heterocycles. The van der Waals surface area contributed by atoms with Crippen molar-refractivity contribution >= 4 is 12.8 Å². The SMILES string of the molecule is C\C=C/C(=C\C=C\CNS)COC. The first-order valence-electron chi connectivity index (χ1n) is 4.19. The van der Waals surface area contributed by atoms with E-state index < -0.39 is 0 Å². The molecule has 2 nitrogen and oxygen atoms in total. The molecule has 0 aliphatic carbocycles. The Morgan fingerprint density at radius 3 is 2.85 bits per heavy atom. The van der Waals surface area contributed by atoms with E-state index in [4.69, 9.17) is 4.74 Å². The van der Waals surface area contributed by atoms with E-state index >= 15 is 0 Å². The van der Waals surface area contributed by atoms with Crippen molar-refractivity contribution in [3.05, 3.63) is 36.0 Å². The van der Waals surface area contributed by atoms with Gasteiger partial charge in [0.25, 0.3) is 0 Å². The minimum absolute atomic E-state index is 0.642. The number of methoxy groups -OCH3 is 1. The molecule has 0 aliphatic rings. The van der Waals surface area contributed by atoms with Crippen LogP contribution in [-0.2, 0) is 4.74 Å². The highest BCUT2D eigenvalue weighted by atomic mass is 32.1. The van der Waals surface area contributed by atoms with Crippen molar-refractivity contribution in [2.24, 2.45) is 0 Å². The van der Waals surface area contributed by atoms with E-state index in [9.17, 15) is 0 Å². The van der Waals surface area contributed by atoms with Crippen LogP contribution >= 0.6 is 12.8 Å². The molecule has 0 rings (SSSR count). The Bertz CT molecular complexity index is 197. The summed E-state index contributed by atoms with van der Waals surface area (Å²) in [5.41, 5.74) is 1.15. The maximum Gasteiger partial charge on any atom is 0.0712 e. The van der Waals surface area contributed by atoms with E-state index in [2.05, 4.69) is 17.5 Å². The third kappa shape index (κ3) is 7.84. The zero-order valence-electron chi connectivity index (χ0n) is 8.16. The van der Waals surface area contributed by atoms with Crippen LogP contribution in [0.2, 0.25) is 0 Å². The van der Waals surface area contributed by atoms with Gasteiger partial charge in [-0.3, -0.25) is 4.72 Å². The number of allylic oxidation sites excluding steroid dienone is 3. The van der Waals surface area contributed by atoms with E-state index in [-0.39, 0.29) is 0 Å². The van der Waals surface area contributed by atoms with Gasteiger partial charge < -0.3 is 4.74 Å². The summed E-state index contributed by atoms with van der Waals surface area (Å²) in [6.07, 6.45) is 10.0. The van der Waals surface area contributed by atoms with Gasteiger partial charge in [-0.25, -0.2) is 0 Å². The summed E-state index contributed by atoms with van der Waals surface area (Å²) in [7, 11) is 1.69. The number of thiol groups is 1. The monoisotopic (exact) mass is 199 g/mol. The molecule has 0 bridgehead atoms. The third-order valence-corrected chi connectivity index (χ3v) is 1.53. The van der Waals surface area contributed by atoms with Crippen LogP contribution in [0.5, 0.6) is 0 Å². The van der Waals surface area contributed by atoms with Crippen LogP contribution < -0.4 is 4.72 Å². The first kappa shape index (κ1) is 12.5. The summed E-state index contributed by atoms with van der Waals surface area (Å²) in [4.78, 5) is 0. The van der Waals surface area contributed by atoms with Crippen molar-refractivity contribution in [3.63, 3.8) is 0 Å². The maximum atomic E-state index is 5.03.